The number of aromatic nitrogens is 2. The number of imidazole rings is 1. The lowest BCUT2D eigenvalue weighted by Gasteiger charge is -2.25. The molecule has 3 atom stereocenters. The Labute approximate surface area is 128 Å². The van der Waals surface area contributed by atoms with E-state index in [9.17, 15) is 5.11 Å². The van der Waals surface area contributed by atoms with Crippen molar-refractivity contribution < 1.29 is 5.11 Å². The van der Waals surface area contributed by atoms with Gasteiger partial charge in [-0.25, -0.2) is 4.98 Å². The number of rotatable bonds is 1. The van der Waals surface area contributed by atoms with Crippen LogP contribution >= 0.6 is 0 Å². The molecule has 1 aliphatic carbocycles. The molecule has 0 spiro atoms. The molecule has 3 nitrogen and oxygen atoms in total. The molecule has 0 amide bonds. The van der Waals surface area contributed by atoms with E-state index in [-0.39, 0.29) is 12.0 Å². The summed E-state index contributed by atoms with van der Waals surface area (Å²) in [5.74, 6) is 0.161. The maximum atomic E-state index is 10.9. The average molecular weight is 288 g/mol. The quantitative estimate of drug-likeness (QED) is 0.745. The second-order valence-electron chi connectivity index (χ2n) is 6.23. The van der Waals surface area contributed by atoms with E-state index in [2.05, 4.69) is 52.0 Å². The summed E-state index contributed by atoms with van der Waals surface area (Å²) >= 11 is 0. The Bertz CT molecular complexity index is 867. The standard InChI is InChI=1S/C19H16N2O/c22-19-13-6-2-1-5-12(13)9-16(19)18-15-8-4-3-7-14(15)17-10-20-11-21(17)18/h1-8,10-11,16,18-19,22H,9H2/t16-,18?,19+/m1/s1. The van der Waals surface area contributed by atoms with E-state index in [1.807, 2.05) is 18.6 Å². The fourth-order valence-corrected chi connectivity index (χ4v) is 4.20. The lowest BCUT2D eigenvalue weighted by atomic mass is 9.88. The van der Waals surface area contributed by atoms with Gasteiger partial charge in [0.05, 0.1) is 30.4 Å². The van der Waals surface area contributed by atoms with Crippen molar-refractivity contribution in [1.82, 2.24) is 9.55 Å². The third-order valence-corrected chi connectivity index (χ3v) is 5.16. The van der Waals surface area contributed by atoms with Crippen molar-refractivity contribution in [3.63, 3.8) is 0 Å². The molecule has 1 N–H and O–H groups in total. The lowest BCUT2D eigenvalue weighted by Crippen LogP contribution is -2.21. The van der Waals surface area contributed by atoms with Crippen LogP contribution in [0.1, 0.15) is 28.8 Å². The summed E-state index contributed by atoms with van der Waals surface area (Å²) in [7, 11) is 0. The molecule has 0 radical (unpaired) electrons. The number of hydrogen-bond acceptors (Lipinski definition) is 2. The molecule has 1 aliphatic heterocycles. The first-order chi connectivity index (χ1) is 10.8. The molecule has 5 rings (SSSR count). The van der Waals surface area contributed by atoms with Gasteiger partial charge in [0.1, 0.15) is 0 Å². The molecular weight excluding hydrogens is 272 g/mol. The van der Waals surface area contributed by atoms with Crippen molar-refractivity contribution in [3.8, 4) is 11.3 Å². The normalized spacial score (nSPS) is 24.9. The zero-order valence-electron chi connectivity index (χ0n) is 12.1. The van der Waals surface area contributed by atoms with E-state index in [4.69, 9.17) is 0 Å². The van der Waals surface area contributed by atoms with Crippen LogP contribution in [0.2, 0.25) is 0 Å². The van der Waals surface area contributed by atoms with E-state index in [0.29, 0.717) is 0 Å². The fourth-order valence-electron chi connectivity index (χ4n) is 4.20. The molecular formula is C19H16N2O. The molecule has 2 aromatic carbocycles. The highest BCUT2D eigenvalue weighted by molar-refractivity contribution is 5.69. The predicted octanol–water partition coefficient (Wildman–Crippen LogP) is 3.36. The highest BCUT2D eigenvalue weighted by atomic mass is 16.3. The average Bonchev–Trinajstić information content (AvgIpc) is 3.21. The summed E-state index contributed by atoms with van der Waals surface area (Å²) in [6.07, 6.45) is 4.32. The Morgan fingerprint density at radius 1 is 1.00 bits per heavy atom. The number of benzene rings is 2. The summed E-state index contributed by atoms with van der Waals surface area (Å²) < 4.78 is 2.23. The number of fused-ring (bicyclic) bond motifs is 4. The minimum Gasteiger partial charge on any atom is -0.388 e. The van der Waals surface area contributed by atoms with Crippen LogP contribution in [-0.4, -0.2) is 14.7 Å². The van der Waals surface area contributed by atoms with Crippen LogP contribution in [0.25, 0.3) is 11.3 Å². The summed E-state index contributed by atoms with van der Waals surface area (Å²) in [5.41, 5.74) is 6.05. The summed E-state index contributed by atoms with van der Waals surface area (Å²) in [6, 6.07) is 16.9. The molecule has 108 valence electrons. The number of aliphatic hydroxyl groups excluding tert-OH is 1. The van der Waals surface area contributed by atoms with Crippen LogP contribution in [0, 0.1) is 5.92 Å². The van der Waals surface area contributed by atoms with Gasteiger partial charge < -0.3 is 9.67 Å². The van der Waals surface area contributed by atoms with Crippen molar-refractivity contribution in [2.75, 3.05) is 0 Å². The van der Waals surface area contributed by atoms with E-state index in [1.165, 1.54) is 16.7 Å². The molecule has 0 bridgehead atoms. The first kappa shape index (κ1) is 12.2. The Hall–Kier alpha value is -2.39. The zero-order valence-corrected chi connectivity index (χ0v) is 12.1. The van der Waals surface area contributed by atoms with Gasteiger partial charge in [-0.3, -0.25) is 0 Å². The highest BCUT2D eigenvalue weighted by Crippen LogP contribution is 2.50. The molecule has 3 heteroatoms. The molecule has 0 saturated heterocycles. The van der Waals surface area contributed by atoms with Gasteiger partial charge in [-0.1, -0.05) is 48.5 Å². The highest BCUT2D eigenvalue weighted by Gasteiger charge is 2.41. The molecule has 2 aliphatic rings. The Morgan fingerprint density at radius 2 is 1.77 bits per heavy atom. The van der Waals surface area contributed by atoms with Crippen molar-refractivity contribution in [2.24, 2.45) is 5.92 Å². The molecule has 1 unspecified atom stereocenters. The molecule has 1 aromatic heterocycles. The monoisotopic (exact) mass is 288 g/mol. The van der Waals surface area contributed by atoms with Gasteiger partial charge in [0, 0.05) is 11.5 Å². The molecule has 0 saturated carbocycles. The van der Waals surface area contributed by atoms with Crippen molar-refractivity contribution in [1.29, 1.82) is 0 Å². The first-order valence-corrected chi connectivity index (χ1v) is 7.71. The van der Waals surface area contributed by atoms with Gasteiger partial charge in [-0.05, 0) is 23.1 Å². The van der Waals surface area contributed by atoms with Gasteiger partial charge in [0.15, 0.2) is 0 Å². The molecule has 3 aromatic rings. The van der Waals surface area contributed by atoms with Gasteiger partial charge >= 0.3 is 0 Å². The van der Waals surface area contributed by atoms with Crippen LogP contribution in [0.4, 0.5) is 0 Å². The Balaban J connectivity index is 1.66. The fraction of sp³-hybridized carbons (Fsp3) is 0.211. The summed E-state index contributed by atoms with van der Waals surface area (Å²) in [4.78, 5) is 4.32. The van der Waals surface area contributed by atoms with Gasteiger partial charge in [-0.2, -0.15) is 0 Å². The minimum atomic E-state index is -0.414. The lowest BCUT2D eigenvalue weighted by molar-refractivity contribution is 0.102. The van der Waals surface area contributed by atoms with Crippen molar-refractivity contribution >= 4 is 0 Å². The topological polar surface area (TPSA) is 38.1 Å². The van der Waals surface area contributed by atoms with Crippen LogP contribution in [-0.2, 0) is 6.42 Å². The van der Waals surface area contributed by atoms with Crippen LogP contribution in [0.5, 0.6) is 0 Å². The number of hydrogen-bond donors (Lipinski definition) is 1. The smallest absolute Gasteiger partial charge is 0.0956 e. The largest absolute Gasteiger partial charge is 0.388 e. The van der Waals surface area contributed by atoms with E-state index in [1.54, 1.807) is 0 Å². The number of nitrogens with zero attached hydrogens (tertiary/aromatic N) is 2. The summed E-state index contributed by atoms with van der Waals surface area (Å²) in [5, 5.41) is 10.9. The van der Waals surface area contributed by atoms with Crippen molar-refractivity contribution in [2.45, 2.75) is 18.6 Å². The third kappa shape index (κ3) is 1.46. The second-order valence-corrected chi connectivity index (χ2v) is 6.23. The maximum absolute atomic E-state index is 10.9. The number of aliphatic hydroxyl groups is 1. The Kier molecular flexibility index (Phi) is 2.38. The van der Waals surface area contributed by atoms with Crippen molar-refractivity contribution in [3.05, 3.63) is 77.7 Å². The van der Waals surface area contributed by atoms with Gasteiger partial charge in [0.25, 0.3) is 0 Å². The van der Waals surface area contributed by atoms with Crippen LogP contribution in [0.3, 0.4) is 0 Å². The minimum absolute atomic E-state index is 0.161. The van der Waals surface area contributed by atoms with E-state index >= 15 is 0 Å². The van der Waals surface area contributed by atoms with E-state index in [0.717, 1.165) is 17.7 Å². The third-order valence-electron chi connectivity index (χ3n) is 5.16. The SMILES string of the molecule is O[C@H]1c2ccccc2C[C@@H]1C1c2ccccc2-c2cncn21. The molecule has 2 heterocycles. The summed E-state index contributed by atoms with van der Waals surface area (Å²) in [6.45, 7) is 0. The molecule has 22 heavy (non-hydrogen) atoms. The predicted molar refractivity (Wildman–Crippen MR) is 84.4 cm³/mol. The zero-order chi connectivity index (χ0) is 14.7. The molecule has 0 fully saturated rings. The van der Waals surface area contributed by atoms with Crippen LogP contribution in [0.15, 0.2) is 61.1 Å². The van der Waals surface area contributed by atoms with Crippen LogP contribution < -0.4 is 0 Å². The van der Waals surface area contributed by atoms with Gasteiger partial charge in [-0.15, -0.1) is 0 Å². The second kappa shape index (κ2) is 4.31. The maximum Gasteiger partial charge on any atom is 0.0956 e. The first-order valence-electron chi connectivity index (χ1n) is 7.71. The van der Waals surface area contributed by atoms with E-state index < -0.39 is 6.10 Å². The van der Waals surface area contributed by atoms with Gasteiger partial charge in [0.2, 0.25) is 0 Å². The Morgan fingerprint density at radius 3 is 2.64 bits per heavy atom.